The van der Waals surface area contributed by atoms with Crippen LogP contribution in [-0.4, -0.2) is 69.2 Å². The van der Waals surface area contributed by atoms with Gasteiger partial charge in [-0.1, -0.05) is 24.3 Å². The number of nitrogens with zero attached hydrogens (tertiary/aromatic N) is 5. The standard InChI is InChI=1S/C29H31F2N7O3/c1-18-27(20-14-32-36(2)15-20)35-38(21-7-5-4-6-8-21)28(18)34-29(40)33-25-17-37(26(39)11-12-41-3)16-22(25)19-9-10-23(30)24(31)13-19/h4-10,13-15,22,25H,11-12,16-17H2,1-3H3,(H2,33,34,40)/t22-,25+/m0/s1. The van der Waals surface area contributed by atoms with Gasteiger partial charge in [-0.15, -0.1) is 0 Å². The van der Waals surface area contributed by atoms with Crippen molar-refractivity contribution in [3.8, 4) is 16.9 Å². The molecule has 10 nitrogen and oxygen atoms in total. The first-order chi connectivity index (χ1) is 19.7. The molecule has 41 heavy (non-hydrogen) atoms. The van der Waals surface area contributed by atoms with Gasteiger partial charge in [-0.2, -0.15) is 10.2 Å². The normalized spacial score (nSPS) is 16.7. The zero-order valence-corrected chi connectivity index (χ0v) is 23.0. The average Bonchev–Trinajstić information content (AvgIpc) is 3.67. The van der Waals surface area contributed by atoms with Gasteiger partial charge in [0.2, 0.25) is 5.91 Å². The molecule has 5 rings (SSSR count). The molecule has 0 spiro atoms. The smallest absolute Gasteiger partial charge is 0.320 e. The zero-order valence-electron chi connectivity index (χ0n) is 23.0. The molecule has 1 saturated heterocycles. The number of aryl methyl sites for hydroxylation is 1. The van der Waals surface area contributed by atoms with Crippen LogP contribution in [0.2, 0.25) is 0 Å². The highest BCUT2D eigenvalue weighted by Gasteiger charge is 2.37. The molecule has 1 fully saturated rings. The number of anilines is 1. The number of para-hydroxylation sites is 1. The molecule has 214 valence electrons. The summed E-state index contributed by atoms with van der Waals surface area (Å²) >= 11 is 0. The van der Waals surface area contributed by atoms with Gasteiger partial charge in [-0.3, -0.25) is 14.8 Å². The lowest BCUT2D eigenvalue weighted by Gasteiger charge is -2.21. The summed E-state index contributed by atoms with van der Waals surface area (Å²) in [4.78, 5) is 27.8. The van der Waals surface area contributed by atoms with Crippen molar-refractivity contribution in [1.82, 2.24) is 29.8 Å². The van der Waals surface area contributed by atoms with Crippen LogP contribution >= 0.6 is 0 Å². The van der Waals surface area contributed by atoms with E-state index in [4.69, 9.17) is 9.84 Å². The number of urea groups is 1. The summed E-state index contributed by atoms with van der Waals surface area (Å²) < 4.78 is 36.2. The lowest BCUT2D eigenvalue weighted by atomic mass is 9.94. The summed E-state index contributed by atoms with van der Waals surface area (Å²) in [7, 11) is 3.33. The van der Waals surface area contributed by atoms with Crippen LogP contribution in [0, 0.1) is 18.6 Å². The maximum absolute atomic E-state index is 14.1. The highest BCUT2D eigenvalue weighted by molar-refractivity contribution is 5.91. The molecule has 2 aromatic heterocycles. The topological polar surface area (TPSA) is 106 Å². The molecular weight excluding hydrogens is 532 g/mol. The summed E-state index contributed by atoms with van der Waals surface area (Å²) in [5.74, 6) is -2.09. The van der Waals surface area contributed by atoms with Crippen LogP contribution in [0.1, 0.15) is 23.5 Å². The summed E-state index contributed by atoms with van der Waals surface area (Å²) in [6.45, 7) is 2.56. The molecule has 3 heterocycles. The van der Waals surface area contributed by atoms with E-state index in [9.17, 15) is 18.4 Å². The van der Waals surface area contributed by atoms with Crippen LogP contribution in [0.25, 0.3) is 16.9 Å². The number of hydrogen-bond donors (Lipinski definition) is 2. The predicted molar refractivity (Wildman–Crippen MR) is 149 cm³/mol. The van der Waals surface area contributed by atoms with E-state index in [0.29, 0.717) is 17.1 Å². The molecule has 0 radical (unpaired) electrons. The molecule has 1 aliphatic rings. The Hall–Kier alpha value is -4.58. The second-order valence-corrected chi connectivity index (χ2v) is 10.00. The second kappa shape index (κ2) is 11.9. The summed E-state index contributed by atoms with van der Waals surface area (Å²) in [5.41, 5.74) is 3.42. The van der Waals surface area contributed by atoms with Crippen molar-refractivity contribution in [2.45, 2.75) is 25.3 Å². The largest absolute Gasteiger partial charge is 0.384 e. The number of carbonyl (C=O) groups is 2. The van der Waals surface area contributed by atoms with Gasteiger partial charge < -0.3 is 15.0 Å². The van der Waals surface area contributed by atoms with E-state index in [1.807, 2.05) is 50.5 Å². The Kier molecular flexibility index (Phi) is 8.11. The van der Waals surface area contributed by atoms with E-state index < -0.39 is 29.6 Å². The number of amides is 3. The van der Waals surface area contributed by atoms with Gasteiger partial charge >= 0.3 is 6.03 Å². The minimum absolute atomic E-state index is 0.150. The SMILES string of the molecule is COCCC(=O)N1C[C@@H](NC(=O)Nc2c(C)c(-c3cnn(C)c3)nn2-c2ccccc2)[C@H](c2ccc(F)c(F)c2)C1. The highest BCUT2D eigenvalue weighted by atomic mass is 19.2. The molecule has 3 amide bonds. The average molecular weight is 564 g/mol. The number of carbonyl (C=O) groups excluding carboxylic acids is 2. The molecule has 2 atom stereocenters. The summed E-state index contributed by atoms with van der Waals surface area (Å²) in [6.07, 6.45) is 3.72. The van der Waals surface area contributed by atoms with E-state index in [1.165, 1.54) is 13.2 Å². The fourth-order valence-corrected chi connectivity index (χ4v) is 5.11. The number of benzene rings is 2. The van der Waals surface area contributed by atoms with Crippen molar-refractivity contribution in [1.29, 1.82) is 0 Å². The quantitative estimate of drug-likeness (QED) is 0.337. The third-order valence-corrected chi connectivity index (χ3v) is 7.21. The minimum Gasteiger partial charge on any atom is -0.384 e. The van der Waals surface area contributed by atoms with Gasteiger partial charge in [0, 0.05) is 50.5 Å². The van der Waals surface area contributed by atoms with Crippen molar-refractivity contribution in [3.05, 3.63) is 83.7 Å². The van der Waals surface area contributed by atoms with E-state index in [1.54, 1.807) is 20.5 Å². The van der Waals surface area contributed by atoms with E-state index in [0.717, 1.165) is 28.9 Å². The van der Waals surface area contributed by atoms with Gasteiger partial charge in [-0.05, 0) is 36.8 Å². The Morgan fingerprint density at radius 1 is 1.10 bits per heavy atom. The number of rotatable bonds is 8. The van der Waals surface area contributed by atoms with Crippen LogP contribution in [0.5, 0.6) is 0 Å². The fraction of sp³-hybridized carbons (Fsp3) is 0.310. The van der Waals surface area contributed by atoms with Gasteiger partial charge in [0.05, 0.1) is 31.0 Å². The molecule has 4 aromatic rings. The van der Waals surface area contributed by atoms with Gasteiger partial charge in [0.25, 0.3) is 0 Å². The number of nitrogens with one attached hydrogen (secondary N) is 2. The minimum atomic E-state index is -0.986. The first-order valence-electron chi connectivity index (χ1n) is 13.2. The number of hydrogen-bond acceptors (Lipinski definition) is 5. The summed E-state index contributed by atoms with van der Waals surface area (Å²) in [5, 5.41) is 14.9. The van der Waals surface area contributed by atoms with E-state index in [2.05, 4.69) is 15.7 Å². The molecule has 1 aliphatic heterocycles. The van der Waals surface area contributed by atoms with Crippen LogP contribution in [0.3, 0.4) is 0 Å². The monoisotopic (exact) mass is 563 g/mol. The Bertz CT molecular complexity index is 1550. The maximum Gasteiger partial charge on any atom is 0.320 e. The van der Waals surface area contributed by atoms with Crippen molar-refractivity contribution in [2.24, 2.45) is 7.05 Å². The van der Waals surface area contributed by atoms with E-state index in [-0.39, 0.29) is 32.0 Å². The van der Waals surface area contributed by atoms with E-state index >= 15 is 0 Å². The molecule has 0 bridgehead atoms. The fourth-order valence-electron chi connectivity index (χ4n) is 5.11. The number of likely N-dealkylation sites (tertiary alicyclic amines) is 1. The van der Waals surface area contributed by atoms with Crippen LogP contribution in [0.15, 0.2) is 60.9 Å². The van der Waals surface area contributed by atoms with Crippen molar-refractivity contribution >= 4 is 17.8 Å². The van der Waals surface area contributed by atoms with Crippen molar-refractivity contribution in [3.63, 3.8) is 0 Å². The van der Waals surface area contributed by atoms with Gasteiger partial charge in [0.15, 0.2) is 11.6 Å². The molecular formula is C29H31F2N7O3. The summed E-state index contributed by atoms with van der Waals surface area (Å²) in [6, 6.07) is 12.0. The third-order valence-electron chi connectivity index (χ3n) is 7.21. The van der Waals surface area contributed by atoms with Crippen LogP contribution < -0.4 is 10.6 Å². The first kappa shape index (κ1) is 28.0. The zero-order chi connectivity index (χ0) is 29.1. The lowest BCUT2D eigenvalue weighted by molar-refractivity contribution is -0.131. The Morgan fingerprint density at radius 3 is 2.56 bits per heavy atom. The molecule has 12 heteroatoms. The molecule has 2 aromatic carbocycles. The Morgan fingerprint density at radius 2 is 1.88 bits per heavy atom. The Balaban J connectivity index is 1.42. The molecule has 0 saturated carbocycles. The van der Waals surface area contributed by atoms with Gasteiger partial charge in [0.1, 0.15) is 11.5 Å². The first-order valence-corrected chi connectivity index (χ1v) is 13.2. The molecule has 0 aliphatic carbocycles. The third kappa shape index (κ3) is 5.97. The van der Waals surface area contributed by atoms with Crippen molar-refractivity contribution < 1.29 is 23.1 Å². The number of aromatic nitrogens is 4. The number of halogens is 2. The number of ether oxygens (including phenoxy) is 1. The highest BCUT2D eigenvalue weighted by Crippen LogP contribution is 2.32. The van der Waals surface area contributed by atoms with Gasteiger partial charge in [-0.25, -0.2) is 18.3 Å². The lowest BCUT2D eigenvalue weighted by Crippen LogP contribution is -2.43. The second-order valence-electron chi connectivity index (χ2n) is 10.00. The predicted octanol–water partition coefficient (Wildman–Crippen LogP) is 4.01. The molecule has 2 N–H and O–H groups in total. The molecule has 0 unspecified atom stereocenters. The Labute approximate surface area is 235 Å². The number of methoxy groups -OCH3 is 1. The van der Waals surface area contributed by atoms with Crippen molar-refractivity contribution in [2.75, 3.05) is 32.1 Å². The maximum atomic E-state index is 14.1. The van der Waals surface area contributed by atoms with Crippen LogP contribution in [0.4, 0.5) is 19.4 Å². The van der Waals surface area contributed by atoms with Crippen LogP contribution in [-0.2, 0) is 16.6 Å².